The summed E-state index contributed by atoms with van der Waals surface area (Å²) in [6, 6.07) is 9.48. The molecule has 0 amide bonds. The van der Waals surface area contributed by atoms with Crippen LogP contribution in [0.15, 0.2) is 42.5 Å². The number of benzene rings is 1. The lowest BCUT2D eigenvalue weighted by Gasteiger charge is -2.12. The second kappa shape index (κ2) is 7.80. The summed E-state index contributed by atoms with van der Waals surface area (Å²) in [6.07, 6.45) is 1.66. The number of nitrogens with one attached hydrogen (secondary N) is 1. The minimum absolute atomic E-state index is 0.0300. The smallest absolute Gasteiger partial charge is 0.351 e. The lowest BCUT2D eigenvalue weighted by atomic mass is 10.1. The van der Waals surface area contributed by atoms with Crippen LogP contribution in [0.1, 0.15) is 18.1 Å². The fraction of sp³-hybridized carbons (Fsp3) is 0.250. The van der Waals surface area contributed by atoms with Crippen molar-refractivity contribution in [2.45, 2.75) is 13.8 Å². The topological polar surface area (TPSA) is 62.1 Å². The number of nitrogens with zero attached hydrogens (tertiary/aromatic N) is 1. The fourth-order valence-electron chi connectivity index (χ4n) is 1.64. The van der Waals surface area contributed by atoms with E-state index in [0.29, 0.717) is 12.2 Å². The first-order valence-corrected chi connectivity index (χ1v) is 6.37. The number of nitriles is 1. The number of esters is 1. The molecular formula is C16H18N2O2. The van der Waals surface area contributed by atoms with Crippen LogP contribution in [0.25, 0.3) is 5.70 Å². The average Bonchev–Trinajstić information content (AvgIpc) is 2.44. The zero-order chi connectivity index (χ0) is 15.0. The highest BCUT2D eigenvalue weighted by Crippen LogP contribution is 2.17. The first-order chi connectivity index (χ1) is 9.63. The molecule has 0 spiro atoms. The number of rotatable bonds is 6. The van der Waals surface area contributed by atoms with Crippen LogP contribution in [-0.4, -0.2) is 19.1 Å². The molecule has 0 saturated heterocycles. The van der Waals surface area contributed by atoms with Crippen molar-refractivity contribution in [3.8, 4) is 6.07 Å². The fourth-order valence-corrected chi connectivity index (χ4v) is 1.64. The van der Waals surface area contributed by atoms with Gasteiger partial charge in [-0.05, 0) is 19.4 Å². The summed E-state index contributed by atoms with van der Waals surface area (Å²) in [5, 5.41) is 12.3. The Labute approximate surface area is 119 Å². The van der Waals surface area contributed by atoms with Crippen molar-refractivity contribution in [2.75, 3.05) is 13.2 Å². The predicted octanol–water partition coefficient (Wildman–Crippen LogP) is 2.57. The van der Waals surface area contributed by atoms with Gasteiger partial charge in [-0.15, -0.1) is 6.58 Å². The molecule has 0 aliphatic heterocycles. The Hall–Kier alpha value is -2.54. The Bertz CT molecular complexity index is 551. The molecule has 1 aromatic carbocycles. The number of ether oxygens (including phenoxy) is 1. The van der Waals surface area contributed by atoms with Crippen molar-refractivity contribution in [1.29, 1.82) is 5.26 Å². The minimum Gasteiger partial charge on any atom is -0.462 e. The number of hydrogen-bond acceptors (Lipinski definition) is 4. The Balaban J connectivity index is 3.27. The average molecular weight is 270 g/mol. The zero-order valence-corrected chi connectivity index (χ0v) is 11.8. The first kappa shape index (κ1) is 15.5. The molecule has 1 aromatic rings. The van der Waals surface area contributed by atoms with E-state index in [1.165, 1.54) is 0 Å². The molecule has 0 unspecified atom stereocenters. The standard InChI is InChI=1S/C16H18N2O2/c1-4-10-18-15(13-8-6-12(3)7-9-13)14(11-17)16(19)20-5-2/h4,6-9,18H,1,5,10H2,2-3H3/b15-14-. The van der Waals surface area contributed by atoms with Gasteiger partial charge in [0.15, 0.2) is 5.57 Å². The summed E-state index contributed by atoms with van der Waals surface area (Å²) in [5.74, 6) is -0.623. The number of hydrogen-bond donors (Lipinski definition) is 1. The molecular weight excluding hydrogens is 252 g/mol. The Kier molecular flexibility index (Phi) is 6.05. The second-order valence-electron chi connectivity index (χ2n) is 4.12. The first-order valence-electron chi connectivity index (χ1n) is 6.37. The van der Waals surface area contributed by atoms with Crippen molar-refractivity contribution in [3.05, 3.63) is 53.6 Å². The van der Waals surface area contributed by atoms with Crippen LogP contribution in [0.2, 0.25) is 0 Å². The van der Waals surface area contributed by atoms with Crippen LogP contribution in [0.5, 0.6) is 0 Å². The maximum absolute atomic E-state index is 11.9. The molecule has 20 heavy (non-hydrogen) atoms. The highest BCUT2D eigenvalue weighted by Gasteiger charge is 2.17. The maximum Gasteiger partial charge on any atom is 0.351 e. The van der Waals surface area contributed by atoms with Gasteiger partial charge in [0.1, 0.15) is 6.07 Å². The van der Waals surface area contributed by atoms with Crippen LogP contribution in [0.4, 0.5) is 0 Å². The van der Waals surface area contributed by atoms with Gasteiger partial charge in [-0.25, -0.2) is 4.79 Å². The lowest BCUT2D eigenvalue weighted by Crippen LogP contribution is -2.18. The van der Waals surface area contributed by atoms with E-state index in [1.807, 2.05) is 37.3 Å². The Morgan fingerprint density at radius 3 is 2.60 bits per heavy atom. The van der Waals surface area contributed by atoms with Gasteiger partial charge in [0.25, 0.3) is 0 Å². The van der Waals surface area contributed by atoms with Crippen molar-refractivity contribution >= 4 is 11.7 Å². The SMILES string of the molecule is C=CCN/C(=C(/C#N)C(=O)OCC)c1ccc(C)cc1. The molecule has 1 N–H and O–H groups in total. The van der Waals surface area contributed by atoms with Gasteiger partial charge in [0, 0.05) is 6.54 Å². The molecule has 0 aliphatic rings. The molecule has 1 rings (SSSR count). The summed E-state index contributed by atoms with van der Waals surface area (Å²) in [4.78, 5) is 11.9. The molecule has 0 saturated carbocycles. The van der Waals surface area contributed by atoms with Crippen LogP contribution in [-0.2, 0) is 9.53 Å². The third-order valence-electron chi connectivity index (χ3n) is 2.60. The van der Waals surface area contributed by atoms with E-state index in [2.05, 4.69) is 11.9 Å². The molecule has 0 fully saturated rings. The molecule has 0 aromatic heterocycles. The second-order valence-corrected chi connectivity index (χ2v) is 4.12. The highest BCUT2D eigenvalue weighted by molar-refractivity contribution is 6.01. The molecule has 4 heteroatoms. The zero-order valence-electron chi connectivity index (χ0n) is 11.8. The minimum atomic E-state index is -0.623. The summed E-state index contributed by atoms with van der Waals surface area (Å²) in [6.45, 7) is 7.98. The number of carbonyl (C=O) groups excluding carboxylic acids is 1. The van der Waals surface area contributed by atoms with E-state index in [0.717, 1.165) is 11.1 Å². The van der Waals surface area contributed by atoms with E-state index < -0.39 is 5.97 Å². The van der Waals surface area contributed by atoms with Crippen molar-refractivity contribution < 1.29 is 9.53 Å². The van der Waals surface area contributed by atoms with Gasteiger partial charge in [0.05, 0.1) is 12.3 Å². The van der Waals surface area contributed by atoms with Gasteiger partial charge >= 0.3 is 5.97 Å². The Morgan fingerprint density at radius 2 is 2.10 bits per heavy atom. The molecule has 104 valence electrons. The van der Waals surface area contributed by atoms with Crippen LogP contribution >= 0.6 is 0 Å². The van der Waals surface area contributed by atoms with E-state index in [9.17, 15) is 10.1 Å². The quantitative estimate of drug-likeness (QED) is 0.373. The largest absolute Gasteiger partial charge is 0.462 e. The van der Waals surface area contributed by atoms with Crippen LogP contribution in [0.3, 0.4) is 0 Å². The summed E-state index contributed by atoms with van der Waals surface area (Å²) in [5.41, 5.74) is 2.30. The van der Waals surface area contributed by atoms with Gasteiger partial charge in [-0.3, -0.25) is 0 Å². The van der Waals surface area contributed by atoms with Crippen molar-refractivity contribution in [2.24, 2.45) is 0 Å². The summed E-state index contributed by atoms with van der Waals surface area (Å²) in [7, 11) is 0. The maximum atomic E-state index is 11.9. The Morgan fingerprint density at radius 1 is 1.45 bits per heavy atom. The number of carbonyl (C=O) groups is 1. The third-order valence-corrected chi connectivity index (χ3v) is 2.60. The summed E-state index contributed by atoms with van der Waals surface area (Å²) < 4.78 is 4.92. The van der Waals surface area contributed by atoms with Crippen LogP contribution < -0.4 is 5.32 Å². The van der Waals surface area contributed by atoms with Gasteiger partial charge in [0.2, 0.25) is 0 Å². The normalized spacial score (nSPS) is 11.1. The molecule has 4 nitrogen and oxygen atoms in total. The van der Waals surface area contributed by atoms with E-state index >= 15 is 0 Å². The molecule has 0 aliphatic carbocycles. The van der Waals surface area contributed by atoms with Gasteiger partial charge in [-0.1, -0.05) is 35.9 Å². The monoisotopic (exact) mass is 270 g/mol. The van der Waals surface area contributed by atoms with E-state index in [4.69, 9.17) is 4.74 Å². The van der Waals surface area contributed by atoms with Gasteiger partial charge < -0.3 is 10.1 Å². The van der Waals surface area contributed by atoms with Crippen molar-refractivity contribution in [3.63, 3.8) is 0 Å². The van der Waals surface area contributed by atoms with Crippen LogP contribution in [0, 0.1) is 18.3 Å². The summed E-state index contributed by atoms with van der Waals surface area (Å²) >= 11 is 0. The number of aryl methyl sites for hydroxylation is 1. The van der Waals surface area contributed by atoms with E-state index in [-0.39, 0.29) is 12.2 Å². The van der Waals surface area contributed by atoms with E-state index in [1.54, 1.807) is 13.0 Å². The lowest BCUT2D eigenvalue weighted by molar-refractivity contribution is -0.137. The molecule has 0 heterocycles. The molecule has 0 atom stereocenters. The predicted molar refractivity (Wildman–Crippen MR) is 78.5 cm³/mol. The molecule has 0 radical (unpaired) electrons. The van der Waals surface area contributed by atoms with Crippen molar-refractivity contribution in [1.82, 2.24) is 5.32 Å². The highest BCUT2D eigenvalue weighted by atomic mass is 16.5. The molecule has 0 bridgehead atoms. The third kappa shape index (κ3) is 3.99. The van der Waals surface area contributed by atoms with Gasteiger partial charge in [-0.2, -0.15) is 5.26 Å².